The van der Waals surface area contributed by atoms with Gasteiger partial charge in [-0.05, 0) is 25.7 Å². The number of halogens is 2. The lowest BCUT2D eigenvalue weighted by Crippen LogP contribution is -2.44. The highest BCUT2D eigenvalue weighted by Gasteiger charge is 2.45. The molecule has 2 aliphatic rings. The summed E-state index contributed by atoms with van der Waals surface area (Å²) >= 11 is 0. The molecule has 0 amide bonds. The van der Waals surface area contributed by atoms with Crippen LogP contribution in [0.1, 0.15) is 32.1 Å². The molecule has 4 nitrogen and oxygen atoms in total. The molecule has 0 aromatic rings. The Kier molecular flexibility index (Phi) is 3.70. The van der Waals surface area contributed by atoms with Gasteiger partial charge in [-0.2, -0.15) is 13.1 Å². The van der Waals surface area contributed by atoms with Gasteiger partial charge in [0.2, 0.25) is 0 Å². The minimum Gasteiger partial charge on any atom is -0.393 e. The van der Waals surface area contributed by atoms with Crippen molar-refractivity contribution in [2.75, 3.05) is 6.54 Å². The zero-order chi connectivity index (χ0) is 12.6. The summed E-state index contributed by atoms with van der Waals surface area (Å²) in [6, 6.07) is -0.438. The zero-order valence-corrected chi connectivity index (χ0v) is 10.2. The number of hydrogen-bond acceptors (Lipinski definition) is 3. The molecule has 3 unspecified atom stereocenters. The molecule has 17 heavy (non-hydrogen) atoms. The molecule has 1 aliphatic carbocycles. The molecule has 3 atom stereocenters. The molecule has 7 heteroatoms. The molecule has 0 radical (unpaired) electrons. The van der Waals surface area contributed by atoms with Gasteiger partial charge in [0.15, 0.2) is 0 Å². The Morgan fingerprint density at radius 3 is 2.41 bits per heavy atom. The quantitative estimate of drug-likeness (QED) is 0.836. The highest BCUT2D eigenvalue weighted by molar-refractivity contribution is 7.89. The smallest absolute Gasteiger partial charge is 0.350 e. The number of rotatable bonds is 3. The van der Waals surface area contributed by atoms with E-state index in [4.69, 9.17) is 0 Å². The fourth-order valence-corrected chi connectivity index (χ4v) is 4.26. The van der Waals surface area contributed by atoms with Crippen LogP contribution < -0.4 is 0 Å². The fourth-order valence-electron chi connectivity index (χ4n) is 3.03. The Morgan fingerprint density at radius 2 is 1.88 bits per heavy atom. The van der Waals surface area contributed by atoms with Crippen LogP contribution in [0.25, 0.3) is 0 Å². The van der Waals surface area contributed by atoms with Crippen LogP contribution in [0.4, 0.5) is 8.78 Å². The van der Waals surface area contributed by atoms with Crippen molar-refractivity contribution >= 4 is 10.0 Å². The van der Waals surface area contributed by atoms with Gasteiger partial charge < -0.3 is 5.11 Å². The first-order valence-electron chi connectivity index (χ1n) is 5.91. The van der Waals surface area contributed by atoms with Crippen LogP contribution in [-0.2, 0) is 10.0 Å². The number of aliphatic hydroxyl groups excluding tert-OH is 1. The number of sulfonamides is 1. The van der Waals surface area contributed by atoms with Crippen molar-refractivity contribution in [2.45, 2.75) is 50.0 Å². The van der Waals surface area contributed by atoms with Gasteiger partial charge in [-0.25, -0.2) is 8.42 Å². The second-order valence-electron chi connectivity index (χ2n) is 4.79. The molecule has 0 aromatic carbocycles. The Morgan fingerprint density at radius 1 is 1.18 bits per heavy atom. The lowest BCUT2D eigenvalue weighted by molar-refractivity contribution is 0.0948. The predicted molar refractivity (Wildman–Crippen MR) is 58.0 cm³/mol. The molecule has 0 aromatic heterocycles. The van der Waals surface area contributed by atoms with Crippen molar-refractivity contribution < 1.29 is 22.3 Å². The summed E-state index contributed by atoms with van der Waals surface area (Å²) < 4.78 is 49.0. The molecule has 0 spiro atoms. The summed E-state index contributed by atoms with van der Waals surface area (Å²) in [4.78, 5) is 0. The van der Waals surface area contributed by atoms with Crippen molar-refractivity contribution in [2.24, 2.45) is 5.92 Å². The Balaban J connectivity index is 2.18. The van der Waals surface area contributed by atoms with Gasteiger partial charge in [0.25, 0.3) is 10.0 Å². The average molecular weight is 269 g/mol. The maximum Gasteiger partial charge on any atom is 0.350 e. The summed E-state index contributed by atoms with van der Waals surface area (Å²) in [7, 11) is -4.50. The molecule has 1 saturated heterocycles. The topological polar surface area (TPSA) is 57.6 Å². The molecule has 1 saturated carbocycles. The van der Waals surface area contributed by atoms with E-state index in [2.05, 4.69) is 0 Å². The van der Waals surface area contributed by atoms with Crippen molar-refractivity contribution in [1.82, 2.24) is 4.31 Å². The second kappa shape index (κ2) is 4.78. The summed E-state index contributed by atoms with van der Waals surface area (Å²) in [5.41, 5.74) is 0. The third-order valence-corrected chi connectivity index (χ3v) is 5.38. The van der Waals surface area contributed by atoms with Crippen LogP contribution in [0.15, 0.2) is 0 Å². The number of alkyl halides is 2. The van der Waals surface area contributed by atoms with Crippen LogP contribution in [0.2, 0.25) is 0 Å². The molecule has 100 valence electrons. The number of aliphatic hydroxyl groups is 1. The van der Waals surface area contributed by atoms with E-state index in [9.17, 15) is 22.3 Å². The van der Waals surface area contributed by atoms with E-state index in [0.717, 1.165) is 17.1 Å². The zero-order valence-electron chi connectivity index (χ0n) is 9.43. The molecule has 2 rings (SSSR count). The van der Waals surface area contributed by atoms with Gasteiger partial charge in [0, 0.05) is 18.5 Å². The summed E-state index contributed by atoms with van der Waals surface area (Å²) in [6.07, 6.45) is 2.83. The highest BCUT2D eigenvalue weighted by Crippen LogP contribution is 2.37. The van der Waals surface area contributed by atoms with E-state index >= 15 is 0 Å². The van der Waals surface area contributed by atoms with Crippen LogP contribution in [0.5, 0.6) is 0 Å². The second-order valence-corrected chi connectivity index (χ2v) is 6.64. The highest BCUT2D eigenvalue weighted by atomic mass is 32.2. The lowest BCUT2D eigenvalue weighted by atomic mass is 9.95. The molecule has 1 aliphatic heterocycles. The minimum atomic E-state index is -4.50. The third kappa shape index (κ3) is 2.32. The maximum atomic E-state index is 12.5. The normalized spacial score (nSPS) is 35.9. The van der Waals surface area contributed by atoms with Gasteiger partial charge in [-0.3, -0.25) is 0 Å². The molecular weight excluding hydrogens is 252 g/mol. The van der Waals surface area contributed by atoms with Crippen LogP contribution in [0, 0.1) is 5.92 Å². The Hall–Kier alpha value is -0.270. The van der Waals surface area contributed by atoms with E-state index < -0.39 is 27.9 Å². The predicted octanol–water partition coefficient (Wildman–Crippen LogP) is 1.16. The molecule has 2 fully saturated rings. The van der Waals surface area contributed by atoms with E-state index in [0.29, 0.717) is 19.3 Å². The molecular formula is C10H17F2NO3S. The molecule has 0 bridgehead atoms. The third-order valence-electron chi connectivity index (χ3n) is 3.83. The Labute approximate surface area is 99.7 Å². The van der Waals surface area contributed by atoms with Gasteiger partial charge in [0.1, 0.15) is 0 Å². The summed E-state index contributed by atoms with van der Waals surface area (Å²) in [5.74, 6) is -3.53. The van der Waals surface area contributed by atoms with Crippen molar-refractivity contribution in [3.8, 4) is 0 Å². The Bertz CT molecular complexity index is 374. The number of nitrogens with zero attached hydrogens (tertiary/aromatic N) is 1. The molecule has 1 heterocycles. The van der Waals surface area contributed by atoms with Gasteiger partial charge in [0.05, 0.1) is 6.10 Å². The van der Waals surface area contributed by atoms with Gasteiger partial charge in [-0.1, -0.05) is 6.42 Å². The van der Waals surface area contributed by atoms with Crippen LogP contribution >= 0.6 is 0 Å². The van der Waals surface area contributed by atoms with E-state index in [-0.39, 0.29) is 12.5 Å². The van der Waals surface area contributed by atoms with Gasteiger partial charge >= 0.3 is 5.76 Å². The van der Waals surface area contributed by atoms with E-state index in [1.165, 1.54) is 0 Å². The van der Waals surface area contributed by atoms with E-state index in [1.807, 2.05) is 0 Å². The van der Waals surface area contributed by atoms with E-state index in [1.54, 1.807) is 0 Å². The molecule has 1 N–H and O–H groups in total. The first kappa shape index (κ1) is 13.2. The van der Waals surface area contributed by atoms with Crippen molar-refractivity contribution in [3.63, 3.8) is 0 Å². The monoisotopic (exact) mass is 269 g/mol. The van der Waals surface area contributed by atoms with Gasteiger partial charge in [-0.15, -0.1) is 0 Å². The average Bonchev–Trinajstić information content (AvgIpc) is 2.84. The van der Waals surface area contributed by atoms with Crippen molar-refractivity contribution in [3.05, 3.63) is 0 Å². The maximum absolute atomic E-state index is 12.5. The van der Waals surface area contributed by atoms with Crippen LogP contribution in [-0.4, -0.2) is 42.3 Å². The largest absolute Gasteiger partial charge is 0.393 e. The summed E-state index contributed by atoms with van der Waals surface area (Å²) in [5, 5.41) is 9.76. The summed E-state index contributed by atoms with van der Waals surface area (Å²) in [6.45, 7) is 0.153. The first-order valence-corrected chi connectivity index (χ1v) is 7.42. The lowest BCUT2D eigenvalue weighted by Gasteiger charge is -2.30. The van der Waals surface area contributed by atoms with Crippen molar-refractivity contribution in [1.29, 1.82) is 0 Å². The minimum absolute atomic E-state index is 0.153. The van der Waals surface area contributed by atoms with Crippen LogP contribution in [0.3, 0.4) is 0 Å². The fraction of sp³-hybridized carbons (Fsp3) is 1.00. The standard InChI is InChI=1S/C10H17F2NO3S/c11-10(12)17(15,16)13-6-2-4-8(13)7-3-1-5-9(7)14/h7-10,14H,1-6H2. The SMILES string of the molecule is O=S(=O)(C(F)F)N1CCCC1C1CCCC1O. The first-order chi connectivity index (χ1) is 7.94. The number of hydrogen-bond donors (Lipinski definition) is 1.